The molecule has 2 heterocycles. The number of halogens is 1. The van der Waals surface area contributed by atoms with Crippen molar-refractivity contribution in [2.75, 3.05) is 31.1 Å². The van der Waals surface area contributed by atoms with E-state index < -0.39 is 5.41 Å². The van der Waals surface area contributed by atoms with Crippen molar-refractivity contribution in [1.29, 1.82) is 0 Å². The first-order valence-corrected chi connectivity index (χ1v) is 9.41. The third kappa shape index (κ3) is 3.71. The lowest BCUT2D eigenvalue weighted by Gasteiger charge is -2.39. The van der Waals surface area contributed by atoms with Gasteiger partial charge in [0.05, 0.1) is 5.41 Å². The molecule has 25 heavy (non-hydrogen) atoms. The van der Waals surface area contributed by atoms with Gasteiger partial charge in [0.25, 0.3) is 0 Å². The Hall–Kier alpha value is -1.88. The molecule has 1 fully saturated rings. The van der Waals surface area contributed by atoms with Crippen LogP contribution in [0.25, 0.3) is 0 Å². The molecule has 0 spiro atoms. The zero-order valence-electron chi connectivity index (χ0n) is 15.0. The first-order valence-electron chi connectivity index (χ1n) is 8.61. The molecular formula is C20H24BrN3O. The molecule has 3 rings (SSSR count). The summed E-state index contributed by atoms with van der Waals surface area (Å²) < 4.78 is 0.993. The number of benzene rings is 1. The smallest absolute Gasteiger partial charge is 0.232 e. The average Bonchev–Trinajstić information content (AvgIpc) is 2.62. The Balaban J connectivity index is 1.68. The van der Waals surface area contributed by atoms with Gasteiger partial charge in [-0.3, -0.25) is 4.79 Å². The van der Waals surface area contributed by atoms with Crippen LogP contribution in [-0.2, 0) is 10.2 Å². The molecule has 0 saturated carbocycles. The Bertz CT molecular complexity index is 753. The molecule has 5 heteroatoms. The summed E-state index contributed by atoms with van der Waals surface area (Å²) >= 11 is 3.46. The van der Waals surface area contributed by atoms with Crippen molar-refractivity contribution in [2.24, 2.45) is 0 Å². The van der Waals surface area contributed by atoms with Crippen LogP contribution in [0.2, 0.25) is 0 Å². The highest BCUT2D eigenvalue weighted by atomic mass is 79.9. The van der Waals surface area contributed by atoms with E-state index in [4.69, 9.17) is 0 Å². The largest absolute Gasteiger partial charge is 0.353 e. The van der Waals surface area contributed by atoms with Gasteiger partial charge in [-0.2, -0.15) is 0 Å². The summed E-state index contributed by atoms with van der Waals surface area (Å²) in [7, 11) is 0. The topological polar surface area (TPSA) is 36.4 Å². The second-order valence-electron chi connectivity index (χ2n) is 7.06. The van der Waals surface area contributed by atoms with E-state index in [0.717, 1.165) is 47.6 Å². The van der Waals surface area contributed by atoms with Crippen LogP contribution in [0.3, 0.4) is 0 Å². The van der Waals surface area contributed by atoms with Gasteiger partial charge >= 0.3 is 0 Å². The Labute approximate surface area is 158 Å². The Kier molecular flexibility index (Phi) is 5.13. The third-order valence-corrected chi connectivity index (χ3v) is 5.35. The molecule has 1 saturated heterocycles. The highest BCUT2D eigenvalue weighted by Gasteiger charge is 2.35. The van der Waals surface area contributed by atoms with E-state index in [-0.39, 0.29) is 5.91 Å². The van der Waals surface area contributed by atoms with Crippen molar-refractivity contribution in [2.45, 2.75) is 26.2 Å². The molecular weight excluding hydrogens is 378 g/mol. The molecule has 0 bridgehead atoms. The van der Waals surface area contributed by atoms with Gasteiger partial charge < -0.3 is 9.80 Å². The van der Waals surface area contributed by atoms with Crippen LogP contribution in [0.1, 0.15) is 25.0 Å². The number of hydrogen-bond acceptors (Lipinski definition) is 3. The number of aromatic nitrogens is 1. The van der Waals surface area contributed by atoms with Crippen molar-refractivity contribution >= 4 is 27.7 Å². The maximum absolute atomic E-state index is 13.1. The number of pyridine rings is 1. The Morgan fingerprint density at radius 1 is 1.12 bits per heavy atom. The number of rotatable bonds is 3. The van der Waals surface area contributed by atoms with Gasteiger partial charge in [0.1, 0.15) is 5.82 Å². The molecule has 1 aliphatic heterocycles. The van der Waals surface area contributed by atoms with Gasteiger partial charge in [0.2, 0.25) is 5.91 Å². The summed E-state index contributed by atoms with van der Waals surface area (Å²) in [6, 6.07) is 12.1. The maximum Gasteiger partial charge on any atom is 0.232 e. The van der Waals surface area contributed by atoms with E-state index in [1.165, 1.54) is 0 Å². The van der Waals surface area contributed by atoms with Gasteiger partial charge in [-0.1, -0.05) is 30.3 Å². The molecule has 1 aliphatic rings. The van der Waals surface area contributed by atoms with Crippen LogP contribution in [0, 0.1) is 6.92 Å². The van der Waals surface area contributed by atoms with Crippen molar-refractivity contribution in [3.8, 4) is 0 Å². The van der Waals surface area contributed by atoms with Crippen LogP contribution in [0.5, 0.6) is 0 Å². The summed E-state index contributed by atoms with van der Waals surface area (Å²) in [5.41, 5.74) is 1.71. The third-order valence-electron chi connectivity index (χ3n) is 4.91. The predicted molar refractivity (Wildman–Crippen MR) is 105 cm³/mol. The molecule has 2 aromatic rings. The van der Waals surface area contributed by atoms with E-state index in [2.05, 4.69) is 38.8 Å². The standard InChI is InChI=1S/C20H24BrN3O/c1-15-13-17(21)14-22-18(15)23-9-11-24(12-10-23)19(25)20(2,3)16-7-5-4-6-8-16/h4-8,13-14H,9-12H2,1-3H3. The fraction of sp³-hybridized carbons (Fsp3) is 0.400. The van der Waals surface area contributed by atoms with Gasteiger partial charge in [0, 0.05) is 36.8 Å². The summed E-state index contributed by atoms with van der Waals surface area (Å²) in [5, 5.41) is 0. The second kappa shape index (κ2) is 7.16. The van der Waals surface area contributed by atoms with E-state index >= 15 is 0 Å². The molecule has 0 aliphatic carbocycles. The summed E-state index contributed by atoms with van der Waals surface area (Å²) in [6.45, 7) is 9.18. The number of anilines is 1. The first-order chi connectivity index (χ1) is 11.9. The molecule has 0 atom stereocenters. The minimum Gasteiger partial charge on any atom is -0.353 e. The number of nitrogens with zero attached hydrogens (tertiary/aromatic N) is 3. The molecule has 1 amide bonds. The number of piperazine rings is 1. The van der Waals surface area contributed by atoms with Crippen LogP contribution < -0.4 is 4.90 Å². The molecule has 0 N–H and O–H groups in total. The summed E-state index contributed by atoms with van der Waals surface area (Å²) in [5.74, 6) is 1.21. The van der Waals surface area contributed by atoms with Gasteiger partial charge in [0.15, 0.2) is 0 Å². The van der Waals surface area contributed by atoms with Crippen molar-refractivity contribution in [3.05, 3.63) is 58.2 Å². The SMILES string of the molecule is Cc1cc(Br)cnc1N1CCN(C(=O)C(C)(C)c2ccccc2)CC1. The lowest BCUT2D eigenvalue weighted by atomic mass is 9.83. The van der Waals surface area contributed by atoms with Gasteiger partial charge in [-0.05, 0) is 53.9 Å². The molecule has 1 aromatic heterocycles. The number of aryl methyl sites for hydroxylation is 1. The molecule has 0 radical (unpaired) electrons. The van der Waals surface area contributed by atoms with Crippen LogP contribution in [0.15, 0.2) is 47.1 Å². The highest BCUT2D eigenvalue weighted by Crippen LogP contribution is 2.27. The second-order valence-corrected chi connectivity index (χ2v) is 7.98. The normalized spacial score (nSPS) is 15.4. The Morgan fingerprint density at radius 3 is 2.36 bits per heavy atom. The first kappa shape index (κ1) is 17.9. The van der Waals surface area contributed by atoms with Crippen molar-refractivity contribution in [3.63, 3.8) is 0 Å². The minimum absolute atomic E-state index is 0.193. The minimum atomic E-state index is -0.505. The van der Waals surface area contributed by atoms with Crippen LogP contribution in [-0.4, -0.2) is 42.0 Å². The lowest BCUT2D eigenvalue weighted by Crippen LogP contribution is -2.53. The molecule has 132 valence electrons. The number of carbonyl (C=O) groups excluding carboxylic acids is 1. The average molecular weight is 402 g/mol. The fourth-order valence-corrected chi connectivity index (χ4v) is 3.81. The van der Waals surface area contributed by atoms with Crippen LogP contribution >= 0.6 is 15.9 Å². The summed E-state index contributed by atoms with van der Waals surface area (Å²) in [6.07, 6.45) is 1.83. The van der Waals surface area contributed by atoms with E-state index in [0.29, 0.717) is 0 Å². The number of amides is 1. The Morgan fingerprint density at radius 2 is 1.76 bits per heavy atom. The van der Waals surface area contributed by atoms with Gasteiger partial charge in [-0.15, -0.1) is 0 Å². The quantitative estimate of drug-likeness (QED) is 0.784. The van der Waals surface area contributed by atoms with E-state index in [1.807, 2.05) is 55.3 Å². The maximum atomic E-state index is 13.1. The van der Waals surface area contributed by atoms with Crippen molar-refractivity contribution in [1.82, 2.24) is 9.88 Å². The van der Waals surface area contributed by atoms with Crippen LogP contribution in [0.4, 0.5) is 5.82 Å². The lowest BCUT2D eigenvalue weighted by molar-refractivity contribution is -0.136. The van der Waals surface area contributed by atoms with E-state index in [9.17, 15) is 4.79 Å². The number of hydrogen-bond donors (Lipinski definition) is 0. The fourth-order valence-electron chi connectivity index (χ4n) is 3.36. The van der Waals surface area contributed by atoms with Crippen molar-refractivity contribution < 1.29 is 4.79 Å². The van der Waals surface area contributed by atoms with Gasteiger partial charge in [-0.25, -0.2) is 4.98 Å². The monoisotopic (exact) mass is 401 g/mol. The molecule has 0 unspecified atom stereocenters. The number of carbonyl (C=O) groups is 1. The zero-order chi connectivity index (χ0) is 18.0. The molecule has 4 nitrogen and oxygen atoms in total. The molecule has 1 aromatic carbocycles. The zero-order valence-corrected chi connectivity index (χ0v) is 16.6. The highest BCUT2D eigenvalue weighted by molar-refractivity contribution is 9.10. The summed E-state index contributed by atoms with van der Waals surface area (Å²) in [4.78, 5) is 21.9. The predicted octanol–water partition coefficient (Wildman–Crippen LogP) is 3.78. The van der Waals surface area contributed by atoms with E-state index in [1.54, 1.807) is 0 Å².